The van der Waals surface area contributed by atoms with Gasteiger partial charge in [-0.1, -0.05) is 0 Å². The van der Waals surface area contributed by atoms with Crippen LogP contribution in [0.5, 0.6) is 0 Å². The highest BCUT2D eigenvalue weighted by Crippen LogP contribution is 2.20. The molecule has 1 aliphatic rings. The molecule has 0 spiro atoms. The molecule has 0 aliphatic heterocycles. The molecule has 0 amide bonds. The molecule has 0 radical (unpaired) electrons. The molecular weight excluding hydrogens is 180 g/mol. The standard InChI is InChI=1S/C10H14N2O2/c1-12(2)10-11-9(13)7-5-3-4-6-8(7)14-10/h3-6H2,1-2H3. The molecule has 4 heteroatoms. The highest BCUT2D eigenvalue weighted by Gasteiger charge is 2.17. The zero-order valence-corrected chi connectivity index (χ0v) is 8.54. The number of aromatic nitrogens is 1. The van der Waals surface area contributed by atoms with E-state index in [0.29, 0.717) is 6.01 Å². The number of fused-ring (bicyclic) bond motifs is 1. The summed E-state index contributed by atoms with van der Waals surface area (Å²) in [6.07, 6.45) is 3.86. The summed E-state index contributed by atoms with van der Waals surface area (Å²) in [6, 6.07) is 0.413. The molecule has 0 unspecified atom stereocenters. The molecule has 76 valence electrons. The van der Waals surface area contributed by atoms with Gasteiger partial charge in [0.25, 0.3) is 11.6 Å². The van der Waals surface area contributed by atoms with Gasteiger partial charge in [-0.05, 0) is 19.3 Å². The summed E-state index contributed by atoms with van der Waals surface area (Å²) in [5, 5.41) is 0. The fraction of sp³-hybridized carbons (Fsp3) is 0.600. The van der Waals surface area contributed by atoms with Crippen molar-refractivity contribution < 1.29 is 4.42 Å². The lowest BCUT2D eigenvalue weighted by Crippen LogP contribution is -2.23. The molecule has 1 aromatic heterocycles. The minimum Gasteiger partial charge on any atom is -0.430 e. The van der Waals surface area contributed by atoms with Crippen molar-refractivity contribution >= 4 is 6.01 Å². The molecular formula is C10H14N2O2. The predicted octanol–water partition coefficient (Wildman–Crippen LogP) is 0.980. The molecule has 0 bridgehead atoms. The number of aryl methyl sites for hydroxylation is 1. The van der Waals surface area contributed by atoms with E-state index >= 15 is 0 Å². The lowest BCUT2D eigenvalue weighted by Gasteiger charge is -2.16. The van der Waals surface area contributed by atoms with Crippen LogP contribution in [0.4, 0.5) is 6.01 Å². The van der Waals surface area contributed by atoms with Crippen LogP contribution in [0.2, 0.25) is 0 Å². The lowest BCUT2D eigenvalue weighted by molar-refractivity contribution is 0.438. The Morgan fingerprint density at radius 1 is 1.29 bits per heavy atom. The fourth-order valence-corrected chi connectivity index (χ4v) is 1.70. The summed E-state index contributed by atoms with van der Waals surface area (Å²) in [4.78, 5) is 17.2. The topological polar surface area (TPSA) is 46.3 Å². The second-order valence-electron chi connectivity index (χ2n) is 3.80. The van der Waals surface area contributed by atoms with Crippen LogP contribution in [0.3, 0.4) is 0 Å². The van der Waals surface area contributed by atoms with Crippen molar-refractivity contribution in [3.05, 3.63) is 21.7 Å². The van der Waals surface area contributed by atoms with Gasteiger partial charge in [0.15, 0.2) is 0 Å². The van der Waals surface area contributed by atoms with E-state index in [2.05, 4.69) is 4.98 Å². The van der Waals surface area contributed by atoms with Gasteiger partial charge < -0.3 is 9.32 Å². The molecule has 1 heterocycles. The molecule has 0 saturated heterocycles. The quantitative estimate of drug-likeness (QED) is 0.668. The van der Waals surface area contributed by atoms with Gasteiger partial charge in [-0.3, -0.25) is 4.79 Å². The fourth-order valence-electron chi connectivity index (χ4n) is 1.70. The first kappa shape index (κ1) is 9.24. The third-order valence-corrected chi connectivity index (χ3v) is 2.47. The number of hydrogen-bond acceptors (Lipinski definition) is 4. The molecule has 0 aromatic carbocycles. The van der Waals surface area contributed by atoms with Gasteiger partial charge in [-0.25, -0.2) is 0 Å². The Balaban J connectivity index is 2.52. The van der Waals surface area contributed by atoms with Crippen molar-refractivity contribution in [1.29, 1.82) is 0 Å². The van der Waals surface area contributed by atoms with E-state index in [9.17, 15) is 4.79 Å². The van der Waals surface area contributed by atoms with Crippen molar-refractivity contribution in [2.24, 2.45) is 0 Å². The Morgan fingerprint density at radius 3 is 2.71 bits per heavy atom. The first-order chi connectivity index (χ1) is 6.68. The van der Waals surface area contributed by atoms with E-state index in [1.807, 2.05) is 14.1 Å². The highest BCUT2D eigenvalue weighted by atomic mass is 16.4. The minimum absolute atomic E-state index is 0.116. The Labute approximate surface area is 82.6 Å². The van der Waals surface area contributed by atoms with Gasteiger partial charge in [0.2, 0.25) is 0 Å². The van der Waals surface area contributed by atoms with Gasteiger partial charge in [-0.2, -0.15) is 4.98 Å². The summed E-state index contributed by atoms with van der Waals surface area (Å²) < 4.78 is 5.56. The maximum atomic E-state index is 11.6. The zero-order valence-electron chi connectivity index (χ0n) is 8.54. The summed E-state index contributed by atoms with van der Waals surface area (Å²) >= 11 is 0. The van der Waals surface area contributed by atoms with Crippen molar-refractivity contribution in [1.82, 2.24) is 4.98 Å². The molecule has 1 aromatic rings. The molecule has 0 N–H and O–H groups in total. The third-order valence-electron chi connectivity index (χ3n) is 2.47. The largest absolute Gasteiger partial charge is 0.430 e. The Bertz CT molecular complexity index is 396. The normalized spacial score (nSPS) is 15.0. The second kappa shape index (κ2) is 3.44. The van der Waals surface area contributed by atoms with Crippen LogP contribution >= 0.6 is 0 Å². The van der Waals surface area contributed by atoms with Crippen LogP contribution in [-0.4, -0.2) is 19.1 Å². The minimum atomic E-state index is -0.116. The highest BCUT2D eigenvalue weighted by molar-refractivity contribution is 5.27. The van der Waals surface area contributed by atoms with E-state index in [-0.39, 0.29) is 5.56 Å². The number of anilines is 1. The average Bonchev–Trinajstić information content (AvgIpc) is 2.17. The number of hydrogen-bond donors (Lipinski definition) is 0. The van der Waals surface area contributed by atoms with E-state index in [1.165, 1.54) is 0 Å². The van der Waals surface area contributed by atoms with Crippen LogP contribution in [0, 0.1) is 0 Å². The molecule has 0 saturated carbocycles. The van der Waals surface area contributed by atoms with Crippen molar-refractivity contribution in [2.45, 2.75) is 25.7 Å². The summed E-state index contributed by atoms with van der Waals surface area (Å²) in [5.41, 5.74) is 0.663. The molecule has 1 aliphatic carbocycles. The monoisotopic (exact) mass is 194 g/mol. The van der Waals surface area contributed by atoms with Crippen LogP contribution < -0.4 is 10.5 Å². The second-order valence-corrected chi connectivity index (χ2v) is 3.80. The van der Waals surface area contributed by atoms with Crippen LogP contribution in [0.25, 0.3) is 0 Å². The van der Waals surface area contributed by atoms with Crippen LogP contribution in [0.1, 0.15) is 24.2 Å². The maximum Gasteiger partial charge on any atom is 0.300 e. The van der Waals surface area contributed by atoms with Gasteiger partial charge in [0, 0.05) is 20.5 Å². The lowest BCUT2D eigenvalue weighted by atomic mass is 9.98. The van der Waals surface area contributed by atoms with Gasteiger partial charge >= 0.3 is 0 Å². The maximum absolute atomic E-state index is 11.6. The summed E-state index contributed by atoms with van der Waals surface area (Å²) in [7, 11) is 3.64. The van der Waals surface area contributed by atoms with Crippen LogP contribution in [0.15, 0.2) is 9.21 Å². The van der Waals surface area contributed by atoms with Gasteiger partial charge in [-0.15, -0.1) is 0 Å². The smallest absolute Gasteiger partial charge is 0.300 e. The Kier molecular flexibility index (Phi) is 2.27. The van der Waals surface area contributed by atoms with Crippen molar-refractivity contribution in [2.75, 3.05) is 19.0 Å². The summed E-state index contributed by atoms with van der Waals surface area (Å²) in [5.74, 6) is 0.833. The van der Waals surface area contributed by atoms with E-state index in [4.69, 9.17) is 4.42 Å². The number of nitrogens with zero attached hydrogens (tertiary/aromatic N) is 2. The van der Waals surface area contributed by atoms with Crippen molar-refractivity contribution in [3.8, 4) is 0 Å². The molecule has 2 rings (SSSR count). The number of rotatable bonds is 1. The summed E-state index contributed by atoms with van der Waals surface area (Å²) in [6.45, 7) is 0. The van der Waals surface area contributed by atoms with Gasteiger partial charge in [0.1, 0.15) is 5.76 Å². The SMILES string of the molecule is CN(C)c1nc(=O)c2c(o1)CCCC2. The zero-order chi connectivity index (χ0) is 10.1. The molecule has 14 heavy (non-hydrogen) atoms. The first-order valence-electron chi connectivity index (χ1n) is 4.88. The average molecular weight is 194 g/mol. The third kappa shape index (κ3) is 1.52. The van der Waals surface area contributed by atoms with Gasteiger partial charge in [0.05, 0.1) is 5.56 Å². The Morgan fingerprint density at radius 2 is 2.00 bits per heavy atom. The van der Waals surface area contributed by atoms with E-state index < -0.39 is 0 Å². The first-order valence-corrected chi connectivity index (χ1v) is 4.88. The molecule has 0 atom stereocenters. The molecule has 4 nitrogen and oxygen atoms in total. The predicted molar refractivity (Wildman–Crippen MR) is 53.7 cm³/mol. The van der Waals surface area contributed by atoms with E-state index in [1.54, 1.807) is 4.90 Å². The Hall–Kier alpha value is -1.32. The van der Waals surface area contributed by atoms with Crippen molar-refractivity contribution in [3.63, 3.8) is 0 Å². The van der Waals surface area contributed by atoms with Crippen LogP contribution in [-0.2, 0) is 12.8 Å². The van der Waals surface area contributed by atoms with E-state index in [0.717, 1.165) is 37.0 Å². The molecule has 0 fully saturated rings.